The van der Waals surface area contributed by atoms with E-state index in [4.69, 9.17) is 10.5 Å². The standard InChI is InChI=1S/C15H24N2O/c1-12-5-6-13(11-16)15(10-12)18-9-7-14-4-2-3-8-17-14/h2-4,8,12-13,15H,5-7,9-11,16H2,1H3. The summed E-state index contributed by atoms with van der Waals surface area (Å²) < 4.78 is 6.04. The van der Waals surface area contributed by atoms with E-state index in [2.05, 4.69) is 11.9 Å². The molecule has 2 N–H and O–H groups in total. The number of pyridine rings is 1. The molecule has 1 aliphatic rings. The Bertz CT molecular complexity index is 342. The van der Waals surface area contributed by atoms with Gasteiger partial charge >= 0.3 is 0 Å². The highest BCUT2D eigenvalue weighted by Crippen LogP contribution is 2.30. The van der Waals surface area contributed by atoms with E-state index in [1.54, 1.807) is 0 Å². The Hall–Kier alpha value is -0.930. The Balaban J connectivity index is 1.77. The van der Waals surface area contributed by atoms with Crippen LogP contribution in [-0.2, 0) is 11.2 Å². The molecule has 0 saturated heterocycles. The zero-order valence-electron chi connectivity index (χ0n) is 11.2. The third-order valence-electron chi connectivity index (χ3n) is 3.91. The van der Waals surface area contributed by atoms with Crippen LogP contribution in [0.1, 0.15) is 31.9 Å². The molecule has 1 saturated carbocycles. The Morgan fingerprint density at radius 3 is 3.00 bits per heavy atom. The van der Waals surface area contributed by atoms with Gasteiger partial charge < -0.3 is 10.5 Å². The Morgan fingerprint density at radius 2 is 2.28 bits per heavy atom. The van der Waals surface area contributed by atoms with Crippen LogP contribution in [0.25, 0.3) is 0 Å². The van der Waals surface area contributed by atoms with Crippen LogP contribution in [0.15, 0.2) is 24.4 Å². The molecule has 0 spiro atoms. The van der Waals surface area contributed by atoms with Gasteiger partial charge in [-0.2, -0.15) is 0 Å². The first-order chi connectivity index (χ1) is 8.79. The number of rotatable bonds is 5. The van der Waals surface area contributed by atoms with E-state index in [9.17, 15) is 0 Å². The van der Waals surface area contributed by atoms with Crippen LogP contribution in [0, 0.1) is 11.8 Å². The molecule has 1 aromatic heterocycles. The van der Waals surface area contributed by atoms with Crippen molar-refractivity contribution in [1.29, 1.82) is 0 Å². The summed E-state index contributed by atoms with van der Waals surface area (Å²) in [4.78, 5) is 4.31. The van der Waals surface area contributed by atoms with Gasteiger partial charge in [0.05, 0.1) is 12.7 Å². The molecule has 0 radical (unpaired) electrons. The van der Waals surface area contributed by atoms with Gasteiger partial charge in [0, 0.05) is 18.3 Å². The van der Waals surface area contributed by atoms with Gasteiger partial charge in [0.2, 0.25) is 0 Å². The smallest absolute Gasteiger partial charge is 0.0618 e. The lowest BCUT2D eigenvalue weighted by atomic mass is 9.80. The average Bonchev–Trinajstić information content (AvgIpc) is 2.40. The van der Waals surface area contributed by atoms with Gasteiger partial charge in [-0.1, -0.05) is 19.4 Å². The number of hydrogen-bond donors (Lipinski definition) is 1. The van der Waals surface area contributed by atoms with Crippen LogP contribution in [0.2, 0.25) is 0 Å². The molecule has 3 nitrogen and oxygen atoms in total. The van der Waals surface area contributed by atoms with E-state index >= 15 is 0 Å². The molecular weight excluding hydrogens is 224 g/mol. The number of nitrogens with two attached hydrogens (primary N) is 1. The normalized spacial score (nSPS) is 28.2. The minimum Gasteiger partial charge on any atom is -0.377 e. The molecule has 0 bridgehead atoms. The van der Waals surface area contributed by atoms with E-state index in [1.165, 1.54) is 12.8 Å². The molecular formula is C15H24N2O. The fourth-order valence-electron chi connectivity index (χ4n) is 2.73. The quantitative estimate of drug-likeness (QED) is 0.870. The second-order valence-corrected chi connectivity index (χ2v) is 5.39. The first-order valence-electron chi connectivity index (χ1n) is 7.01. The first kappa shape index (κ1) is 13.5. The zero-order valence-corrected chi connectivity index (χ0v) is 11.2. The fourth-order valence-corrected chi connectivity index (χ4v) is 2.73. The summed E-state index contributed by atoms with van der Waals surface area (Å²) in [6.45, 7) is 3.81. The predicted molar refractivity (Wildman–Crippen MR) is 73.2 cm³/mol. The summed E-state index contributed by atoms with van der Waals surface area (Å²) >= 11 is 0. The van der Waals surface area contributed by atoms with E-state index in [1.807, 2.05) is 24.4 Å². The minimum absolute atomic E-state index is 0.350. The zero-order chi connectivity index (χ0) is 12.8. The summed E-state index contributed by atoms with van der Waals surface area (Å²) in [5.41, 5.74) is 6.93. The minimum atomic E-state index is 0.350. The Morgan fingerprint density at radius 1 is 1.39 bits per heavy atom. The van der Waals surface area contributed by atoms with Crippen LogP contribution >= 0.6 is 0 Å². The molecule has 3 heteroatoms. The second-order valence-electron chi connectivity index (χ2n) is 5.39. The van der Waals surface area contributed by atoms with Gasteiger partial charge in [0.15, 0.2) is 0 Å². The van der Waals surface area contributed by atoms with Crippen LogP contribution < -0.4 is 5.73 Å². The van der Waals surface area contributed by atoms with E-state index in [0.717, 1.165) is 37.6 Å². The molecule has 1 heterocycles. The topological polar surface area (TPSA) is 48.1 Å². The van der Waals surface area contributed by atoms with Crippen molar-refractivity contribution in [2.45, 2.75) is 38.7 Å². The second kappa shape index (κ2) is 6.86. The van der Waals surface area contributed by atoms with E-state index < -0.39 is 0 Å². The number of nitrogens with zero attached hydrogens (tertiary/aromatic N) is 1. The largest absolute Gasteiger partial charge is 0.377 e. The molecule has 0 amide bonds. The molecule has 2 rings (SSSR count). The van der Waals surface area contributed by atoms with Gasteiger partial charge in [-0.3, -0.25) is 4.98 Å². The molecule has 0 aliphatic heterocycles. The first-order valence-corrected chi connectivity index (χ1v) is 7.01. The maximum Gasteiger partial charge on any atom is 0.0618 e. The number of aromatic nitrogens is 1. The van der Waals surface area contributed by atoms with Crippen molar-refractivity contribution >= 4 is 0 Å². The average molecular weight is 248 g/mol. The van der Waals surface area contributed by atoms with Gasteiger partial charge in [0.25, 0.3) is 0 Å². The van der Waals surface area contributed by atoms with Crippen molar-refractivity contribution < 1.29 is 4.74 Å². The molecule has 1 aliphatic carbocycles. The molecule has 18 heavy (non-hydrogen) atoms. The van der Waals surface area contributed by atoms with Gasteiger partial charge in [-0.25, -0.2) is 0 Å². The Kier molecular flexibility index (Phi) is 5.14. The van der Waals surface area contributed by atoms with Crippen molar-refractivity contribution in [3.8, 4) is 0 Å². The van der Waals surface area contributed by atoms with Crippen molar-refractivity contribution in [2.75, 3.05) is 13.2 Å². The monoisotopic (exact) mass is 248 g/mol. The molecule has 1 aromatic rings. The van der Waals surface area contributed by atoms with E-state index in [-0.39, 0.29) is 0 Å². The summed E-state index contributed by atoms with van der Waals surface area (Å²) in [5, 5.41) is 0. The SMILES string of the molecule is CC1CCC(CN)C(OCCc2ccccn2)C1. The molecule has 1 fully saturated rings. The fraction of sp³-hybridized carbons (Fsp3) is 0.667. The summed E-state index contributed by atoms with van der Waals surface area (Å²) in [6, 6.07) is 6.01. The van der Waals surface area contributed by atoms with Crippen LogP contribution in [-0.4, -0.2) is 24.2 Å². The van der Waals surface area contributed by atoms with Crippen molar-refractivity contribution in [2.24, 2.45) is 17.6 Å². The van der Waals surface area contributed by atoms with Gasteiger partial charge in [-0.05, 0) is 43.4 Å². The highest BCUT2D eigenvalue weighted by atomic mass is 16.5. The number of ether oxygens (including phenoxy) is 1. The van der Waals surface area contributed by atoms with Crippen molar-refractivity contribution in [3.63, 3.8) is 0 Å². The molecule has 3 atom stereocenters. The molecule has 0 aromatic carbocycles. The van der Waals surface area contributed by atoms with Crippen molar-refractivity contribution in [3.05, 3.63) is 30.1 Å². The lowest BCUT2D eigenvalue weighted by Crippen LogP contribution is -2.36. The summed E-state index contributed by atoms with van der Waals surface area (Å²) in [6.07, 6.45) is 6.74. The lowest BCUT2D eigenvalue weighted by molar-refractivity contribution is -0.0196. The highest BCUT2D eigenvalue weighted by Gasteiger charge is 2.28. The van der Waals surface area contributed by atoms with Crippen LogP contribution in [0.5, 0.6) is 0 Å². The van der Waals surface area contributed by atoms with Gasteiger partial charge in [0.1, 0.15) is 0 Å². The molecule has 3 unspecified atom stereocenters. The van der Waals surface area contributed by atoms with Crippen LogP contribution in [0.4, 0.5) is 0 Å². The third-order valence-corrected chi connectivity index (χ3v) is 3.91. The predicted octanol–water partition coefficient (Wildman–Crippen LogP) is 2.40. The Labute approximate surface area is 110 Å². The lowest BCUT2D eigenvalue weighted by Gasteiger charge is -2.34. The summed E-state index contributed by atoms with van der Waals surface area (Å²) in [7, 11) is 0. The number of hydrogen-bond acceptors (Lipinski definition) is 3. The highest BCUT2D eigenvalue weighted by molar-refractivity contribution is 5.03. The molecule has 100 valence electrons. The summed E-state index contributed by atoms with van der Waals surface area (Å²) in [5.74, 6) is 1.32. The van der Waals surface area contributed by atoms with Gasteiger partial charge in [-0.15, -0.1) is 0 Å². The van der Waals surface area contributed by atoms with Crippen LogP contribution in [0.3, 0.4) is 0 Å². The maximum absolute atomic E-state index is 6.04. The van der Waals surface area contributed by atoms with Crippen molar-refractivity contribution in [1.82, 2.24) is 4.98 Å². The van der Waals surface area contributed by atoms with E-state index in [0.29, 0.717) is 12.0 Å². The third kappa shape index (κ3) is 3.79. The maximum atomic E-state index is 6.04.